The van der Waals surface area contributed by atoms with E-state index in [0.717, 1.165) is 10.8 Å². The van der Waals surface area contributed by atoms with Gasteiger partial charge in [0.25, 0.3) is 0 Å². The van der Waals surface area contributed by atoms with E-state index in [2.05, 4.69) is 49.2 Å². The number of hydrogen-bond acceptors (Lipinski definition) is 7. The summed E-state index contributed by atoms with van der Waals surface area (Å²) in [6.45, 7) is 0. The van der Waals surface area contributed by atoms with Crippen molar-refractivity contribution in [2.24, 2.45) is 0 Å². The average molecular weight is 829 g/mol. The second-order valence-corrected chi connectivity index (χ2v) is 10.2. The van der Waals surface area contributed by atoms with E-state index in [1.54, 1.807) is 77.4 Å². The Kier molecular flexibility index (Phi) is 9.96. The van der Waals surface area contributed by atoms with Crippen molar-refractivity contribution in [1.82, 2.24) is 29.5 Å². The Balaban J connectivity index is 0.00000208. The van der Waals surface area contributed by atoms with Crippen LogP contribution in [0.2, 0.25) is 0 Å². The van der Waals surface area contributed by atoms with Crippen molar-refractivity contribution in [2.75, 3.05) is 0 Å². The number of pyridine rings is 2. The second-order valence-electron chi connectivity index (χ2n) is 10.2. The van der Waals surface area contributed by atoms with Gasteiger partial charge in [-0.3, -0.25) is 9.97 Å². The zero-order valence-corrected chi connectivity index (χ0v) is 27.9. The molecule has 0 saturated heterocycles. The average Bonchev–Trinajstić information content (AvgIpc) is 3.41. The van der Waals surface area contributed by atoms with Crippen molar-refractivity contribution in [3.8, 4) is 51.5 Å². The Morgan fingerprint density at radius 3 is 1.43 bits per heavy atom. The molecule has 0 unspecified atom stereocenters. The first-order chi connectivity index (χ1) is 23.1. The molecule has 0 spiro atoms. The molecule has 8 nitrogen and oxygen atoms in total. The molecule has 0 N–H and O–H groups in total. The fourth-order valence-corrected chi connectivity index (χ4v) is 5.16. The summed E-state index contributed by atoms with van der Waals surface area (Å²) in [5, 5.41) is 1.70. The van der Waals surface area contributed by atoms with Crippen LogP contribution in [0.25, 0.3) is 50.3 Å². The van der Waals surface area contributed by atoms with E-state index in [1.807, 2.05) is 12.1 Å². The molecule has 0 aliphatic carbocycles. The van der Waals surface area contributed by atoms with E-state index in [1.165, 1.54) is 24.8 Å². The molecule has 0 aliphatic rings. The molecule has 8 aromatic rings. The SMILES string of the molecule is Fc1cccc(-c2[c-]c(Oc3[c-]c4c(cc3)c3ccc(Oc5[c-]c(-c6cccc(F)n6)ccc5)[c-]c3n4-c3ncncn3)ccc2)n1.[Pd+2].[Pd+2]. The van der Waals surface area contributed by atoms with E-state index >= 15 is 0 Å². The Morgan fingerprint density at radius 2 is 0.959 bits per heavy atom. The summed E-state index contributed by atoms with van der Waals surface area (Å²) in [7, 11) is 0. The molecule has 242 valence electrons. The van der Waals surface area contributed by atoms with Gasteiger partial charge in [0.2, 0.25) is 17.8 Å². The van der Waals surface area contributed by atoms with Crippen molar-refractivity contribution in [2.45, 2.75) is 0 Å². The van der Waals surface area contributed by atoms with E-state index in [0.29, 0.717) is 62.5 Å². The van der Waals surface area contributed by atoms with Crippen LogP contribution in [0.1, 0.15) is 0 Å². The fourth-order valence-electron chi connectivity index (χ4n) is 5.16. The van der Waals surface area contributed by atoms with Gasteiger partial charge in [0, 0.05) is 23.0 Å². The zero-order valence-electron chi connectivity index (χ0n) is 24.8. The molecule has 0 fully saturated rings. The van der Waals surface area contributed by atoms with Crippen LogP contribution in [-0.2, 0) is 40.8 Å². The number of ether oxygens (including phenoxy) is 2. The van der Waals surface area contributed by atoms with Gasteiger partial charge in [-0.05, 0) is 23.5 Å². The van der Waals surface area contributed by atoms with Crippen LogP contribution in [0, 0.1) is 36.2 Å². The smallest absolute Gasteiger partial charge is 0.503 e. The molecule has 49 heavy (non-hydrogen) atoms. The molecule has 0 radical (unpaired) electrons. The summed E-state index contributed by atoms with van der Waals surface area (Å²) in [6.07, 6.45) is 2.81. The van der Waals surface area contributed by atoms with Gasteiger partial charge in [0.15, 0.2) is 0 Å². The maximum absolute atomic E-state index is 13.7. The van der Waals surface area contributed by atoms with Gasteiger partial charge in [-0.25, -0.2) is 15.0 Å². The monoisotopic (exact) mass is 828 g/mol. The van der Waals surface area contributed by atoms with Crippen LogP contribution in [-0.4, -0.2) is 29.5 Å². The molecule has 0 aliphatic heterocycles. The van der Waals surface area contributed by atoms with Crippen molar-refractivity contribution >= 4 is 21.8 Å². The largest absolute Gasteiger partial charge is 2.00 e. The molecule has 12 heteroatoms. The summed E-state index contributed by atoms with van der Waals surface area (Å²) >= 11 is 0. The van der Waals surface area contributed by atoms with E-state index in [9.17, 15) is 8.78 Å². The molecule has 8 rings (SSSR count). The molecular weight excluding hydrogens is 811 g/mol. The van der Waals surface area contributed by atoms with Gasteiger partial charge in [-0.1, -0.05) is 47.4 Å². The maximum Gasteiger partial charge on any atom is 2.00 e. The third-order valence-corrected chi connectivity index (χ3v) is 7.17. The van der Waals surface area contributed by atoms with Gasteiger partial charge in [0.1, 0.15) is 12.7 Å². The van der Waals surface area contributed by atoms with Crippen LogP contribution in [0.4, 0.5) is 8.78 Å². The topological polar surface area (TPSA) is 87.8 Å². The van der Waals surface area contributed by atoms with Crippen molar-refractivity contribution in [3.05, 3.63) is 146 Å². The third kappa shape index (κ3) is 7.00. The maximum atomic E-state index is 13.7. The van der Waals surface area contributed by atoms with Crippen LogP contribution >= 0.6 is 0 Å². The number of benzene rings is 4. The molecule has 4 aromatic carbocycles. The van der Waals surface area contributed by atoms with E-state index in [-0.39, 0.29) is 40.8 Å². The molecule has 4 aromatic heterocycles. The standard InChI is InChI=1S/C37H18F2N6O2.2Pd/c38-35-11-3-9-31(43-35)23-5-1-7-25(17-23)46-27-13-15-29-30-16-14-28(20-34(30)45(33(29)19-27)37-41-21-40-22-42-37)47-26-8-2-6-24(18-26)32-10-4-12-36(39)44-32;;/h1-16,21-22H;;/q-4;2*+2. The molecule has 0 saturated carbocycles. The van der Waals surface area contributed by atoms with Crippen molar-refractivity contribution < 1.29 is 59.1 Å². The minimum absolute atomic E-state index is 0. The van der Waals surface area contributed by atoms with Crippen LogP contribution in [0.5, 0.6) is 23.0 Å². The van der Waals surface area contributed by atoms with Crippen LogP contribution in [0.15, 0.2) is 110 Å². The fraction of sp³-hybridized carbons (Fsp3) is 0. The Morgan fingerprint density at radius 1 is 0.510 bits per heavy atom. The summed E-state index contributed by atoms with van der Waals surface area (Å²) in [5.74, 6) is 0.811. The quantitative estimate of drug-likeness (QED) is 0.0911. The van der Waals surface area contributed by atoms with Crippen molar-refractivity contribution in [3.63, 3.8) is 0 Å². The first-order valence-electron chi connectivity index (χ1n) is 14.3. The molecule has 0 amide bonds. The van der Waals surface area contributed by atoms with Gasteiger partial charge in [0.05, 0.1) is 0 Å². The minimum Gasteiger partial charge on any atom is -0.503 e. The minimum atomic E-state index is -0.578. The number of hydrogen-bond donors (Lipinski definition) is 0. The zero-order chi connectivity index (χ0) is 31.7. The van der Waals surface area contributed by atoms with E-state index in [4.69, 9.17) is 9.47 Å². The molecular formula is C37H18F2N6O2Pd2. The summed E-state index contributed by atoms with van der Waals surface area (Å²) in [6, 6.07) is 40.2. The molecule has 0 atom stereocenters. The Bertz CT molecular complexity index is 2280. The first-order valence-corrected chi connectivity index (χ1v) is 14.3. The van der Waals surface area contributed by atoms with Gasteiger partial charge in [-0.2, -0.15) is 31.7 Å². The first kappa shape index (κ1) is 33.7. The second kappa shape index (κ2) is 14.5. The van der Waals surface area contributed by atoms with Gasteiger partial charge < -0.3 is 14.0 Å². The summed E-state index contributed by atoms with van der Waals surface area (Å²) in [5.41, 5.74) is 3.30. The predicted molar refractivity (Wildman–Crippen MR) is 169 cm³/mol. The normalized spacial score (nSPS) is 10.7. The number of nitrogens with zero attached hydrogens (tertiary/aromatic N) is 6. The van der Waals surface area contributed by atoms with Gasteiger partial charge >= 0.3 is 40.8 Å². The summed E-state index contributed by atoms with van der Waals surface area (Å²) < 4.78 is 41.6. The third-order valence-electron chi connectivity index (χ3n) is 7.17. The van der Waals surface area contributed by atoms with Crippen LogP contribution in [0.3, 0.4) is 0 Å². The number of rotatable bonds is 7. The van der Waals surface area contributed by atoms with Crippen LogP contribution < -0.4 is 9.47 Å². The molecule has 0 bridgehead atoms. The summed E-state index contributed by atoms with van der Waals surface area (Å²) in [4.78, 5) is 20.6. The predicted octanol–water partition coefficient (Wildman–Crippen LogP) is 8.15. The van der Waals surface area contributed by atoms with Crippen molar-refractivity contribution in [1.29, 1.82) is 0 Å². The number of halogens is 2. The molecule has 4 heterocycles. The number of aromatic nitrogens is 6. The Labute approximate surface area is 306 Å². The Hall–Kier alpha value is -5.23. The van der Waals surface area contributed by atoms with E-state index < -0.39 is 11.9 Å². The van der Waals surface area contributed by atoms with Gasteiger partial charge in [-0.15, -0.1) is 71.8 Å². The number of fused-ring (bicyclic) bond motifs is 3.